The number of hydrogen-bond donors (Lipinski definition) is 2. The first-order valence-corrected chi connectivity index (χ1v) is 7.86. The SMILES string of the molecule is CCOc1ccc(-c2nn(Cc3ccc(N)cc3)c(=O)[nH]c2=O)cc1. The van der Waals surface area contributed by atoms with Crippen LogP contribution in [0, 0.1) is 0 Å². The van der Waals surface area contributed by atoms with Gasteiger partial charge in [0.2, 0.25) is 0 Å². The van der Waals surface area contributed by atoms with Crippen LogP contribution >= 0.6 is 0 Å². The molecule has 1 aromatic heterocycles. The number of nitrogens with zero attached hydrogens (tertiary/aromatic N) is 2. The van der Waals surface area contributed by atoms with Crippen LogP contribution in [-0.4, -0.2) is 21.4 Å². The average molecular weight is 338 g/mol. The third-order valence-corrected chi connectivity index (χ3v) is 3.64. The van der Waals surface area contributed by atoms with Crippen molar-refractivity contribution in [3.63, 3.8) is 0 Å². The van der Waals surface area contributed by atoms with Crippen LogP contribution in [0.3, 0.4) is 0 Å². The second-order valence-electron chi connectivity index (χ2n) is 5.46. The Morgan fingerprint density at radius 2 is 1.76 bits per heavy atom. The lowest BCUT2D eigenvalue weighted by molar-refractivity contribution is 0.340. The molecule has 0 aliphatic carbocycles. The summed E-state index contributed by atoms with van der Waals surface area (Å²) in [5.74, 6) is 0.706. The molecule has 0 unspecified atom stereocenters. The van der Waals surface area contributed by atoms with E-state index in [0.29, 0.717) is 23.6 Å². The molecule has 7 nitrogen and oxygen atoms in total. The van der Waals surface area contributed by atoms with Gasteiger partial charge in [0.1, 0.15) is 5.75 Å². The van der Waals surface area contributed by atoms with E-state index in [2.05, 4.69) is 10.1 Å². The van der Waals surface area contributed by atoms with E-state index in [4.69, 9.17) is 10.5 Å². The number of benzene rings is 2. The van der Waals surface area contributed by atoms with E-state index in [9.17, 15) is 9.59 Å². The van der Waals surface area contributed by atoms with Gasteiger partial charge in [-0.2, -0.15) is 5.10 Å². The molecule has 3 aromatic rings. The fourth-order valence-electron chi connectivity index (χ4n) is 2.40. The average Bonchev–Trinajstić information content (AvgIpc) is 2.60. The molecule has 25 heavy (non-hydrogen) atoms. The molecule has 0 spiro atoms. The molecular weight excluding hydrogens is 320 g/mol. The van der Waals surface area contributed by atoms with E-state index < -0.39 is 11.2 Å². The first kappa shape index (κ1) is 16.5. The Hall–Kier alpha value is -3.35. The van der Waals surface area contributed by atoms with E-state index >= 15 is 0 Å². The van der Waals surface area contributed by atoms with Crippen LogP contribution < -0.4 is 21.7 Å². The molecule has 1 heterocycles. The number of aromatic nitrogens is 3. The lowest BCUT2D eigenvalue weighted by atomic mass is 10.1. The normalized spacial score (nSPS) is 10.6. The van der Waals surface area contributed by atoms with Gasteiger partial charge in [-0.3, -0.25) is 9.78 Å². The molecule has 7 heteroatoms. The zero-order valence-electron chi connectivity index (χ0n) is 13.7. The molecule has 0 aliphatic rings. The van der Waals surface area contributed by atoms with Gasteiger partial charge >= 0.3 is 5.69 Å². The summed E-state index contributed by atoms with van der Waals surface area (Å²) < 4.78 is 6.61. The number of hydrogen-bond acceptors (Lipinski definition) is 5. The Labute approximate surface area is 143 Å². The summed E-state index contributed by atoms with van der Waals surface area (Å²) >= 11 is 0. The number of rotatable bonds is 5. The molecule has 0 aliphatic heterocycles. The van der Waals surface area contributed by atoms with Crippen molar-refractivity contribution in [2.24, 2.45) is 0 Å². The van der Waals surface area contributed by atoms with Crippen molar-refractivity contribution in [1.82, 2.24) is 14.8 Å². The summed E-state index contributed by atoms with van der Waals surface area (Å²) in [5, 5.41) is 4.22. The molecule has 0 atom stereocenters. The third-order valence-electron chi connectivity index (χ3n) is 3.64. The monoisotopic (exact) mass is 338 g/mol. The van der Waals surface area contributed by atoms with Gasteiger partial charge in [0.15, 0.2) is 5.69 Å². The summed E-state index contributed by atoms with van der Waals surface area (Å²) in [5.41, 5.74) is 6.86. The summed E-state index contributed by atoms with van der Waals surface area (Å²) in [4.78, 5) is 26.5. The van der Waals surface area contributed by atoms with Gasteiger partial charge in [0, 0.05) is 11.3 Å². The van der Waals surface area contributed by atoms with Crippen LogP contribution in [-0.2, 0) is 6.54 Å². The highest BCUT2D eigenvalue weighted by Gasteiger charge is 2.10. The van der Waals surface area contributed by atoms with E-state index in [1.165, 1.54) is 4.68 Å². The minimum absolute atomic E-state index is 0.179. The van der Waals surface area contributed by atoms with Gasteiger partial charge in [0.05, 0.1) is 13.2 Å². The van der Waals surface area contributed by atoms with Crippen molar-refractivity contribution in [2.45, 2.75) is 13.5 Å². The number of H-pyrrole nitrogens is 1. The summed E-state index contributed by atoms with van der Waals surface area (Å²) in [6.45, 7) is 2.69. The zero-order chi connectivity index (χ0) is 17.8. The summed E-state index contributed by atoms with van der Waals surface area (Å²) in [6.07, 6.45) is 0. The molecule has 128 valence electrons. The van der Waals surface area contributed by atoms with Gasteiger partial charge in [-0.15, -0.1) is 0 Å². The van der Waals surface area contributed by atoms with Crippen LogP contribution in [0.1, 0.15) is 12.5 Å². The van der Waals surface area contributed by atoms with Crippen molar-refractivity contribution in [3.8, 4) is 17.0 Å². The third kappa shape index (κ3) is 3.77. The number of nitrogen functional groups attached to an aromatic ring is 1. The van der Waals surface area contributed by atoms with Crippen molar-refractivity contribution in [1.29, 1.82) is 0 Å². The van der Waals surface area contributed by atoms with Gasteiger partial charge in [0.25, 0.3) is 5.56 Å². The van der Waals surface area contributed by atoms with E-state index in [0.717, 1.165) is 5.56 Å². The first-order chi connectivity index (χ1) is 12.1. The molecule has 0 saturated heterocycles. The van der Waals surface area contributed by atoms with E-state index in [-0.39, 0.29) is 12.2 Å². The topological polar surface area (TPSA) is 103 Å². The van der Waals surface area contributed by atoms with E-state index in [1.54, 1.807) is 36.4 Å². The highest BCUT2D eigenvalue weighted by molar-refractivity contribution is 5.58. The summed E-state index contributed by atoms with van der Waals surface area (Å²) in [7, 11) is 0. The highest BCUT2D eigenvalue weighted by atomic mass is 16.5. The number of nitrogens with two attached hydrogens (primary N) is 1. The number of ether oxygens (including phenoxy) is 1. The summed E-state index contributed by atoms with van der Waals surface area (Å²) in [6, 6.07) is 14.1. The van der Waals surface area contributed by atoms with Crippen molar-refractivity contribution in [3.05, 3.63) is 74.9 Å². The molecule has 0 radical (unpaired) electrons. The van der Waals surface area contributed by atoms with Gasteiger partial charge < -0.3 is 10.5 Å². The standard InChI is InChI=1S/C18H18N4O3/c1-2-25-15-9-5-13(6-10-15)16-17(23)20-18(24)22(21-16)11-12-3-7-14(19)8-4-12/h3-10H,2,11,19H2,1H3,(H,20,23,24). The van der Waals surface area contributed by atoms with Crippen LogP contribution in [0.2, 0.25) is 0 Å². The fourth-order valence-corrected chi connectivity index (χ4v) is 2.40. The lowest BCUT2D eigenvalue weighted by Gasteiger charge is -2.08. The zero-order valence-corrected chi connectivity index (χ0v) is 13.7. The molecule has 0 fully saturated rings. The maximum Gasteiger partial charge on any atom is 0.345 e. The smallest absolute Gasteiger partial charge is 0.345 e. The van der Waals surface area contributed by atoms with Crippen molar-refractivity contribution in [2.75, 3.05) is 12.3 Å². The van der Waals surface area contributed by atoms with Gasteiger partial charge in [-0.25, -0.2) is 9.48 Å². The molecule has 3 rings (SSSR count). The van der Waals surface area contributed by atoms with Crippen LogP contribution in [0.4, 0.5) is 5.69 Å². The predicted molar refractivity (Wildman–Crippen MR) is 95.7 cm³/mol. The Kier molecular flexibility index (Phi) is 4.65. The Balaban J connectivity index is 1.96. The van der Waals surface area contributed by atoms with Crippen LogP contribution in [0.5, 0.6) is 5.75 Å². The second kappa shape index (κ2) is 7.04. The Bertz CT molecular complexity index is 973. The van der Waals surface area contributed by atoms with Crippen LogP contribution in [0.15, 0.2) is 58.1 Å². The highest BCUT2D eigenvalue weighted by Crippen LogP contribution is 2.18. The van der Waals surface area contributed by atoms with Gasteiger partial charge in [-0.05, 0) is 48.9 Å². The maximum absolute atomic E-state index is 12.1. The molecule has 0 amide bonds. The molecule has 3 N–H and O–H groups in total. The van der Waals surface area contributed by atoms with E-state index in [1.807, 2.05) is 19.1 Å². The molecule has 0 saturated carbocycles. The number of aromatic amines is 1. The van der Waals surface area contributed by atoms with Crippen LogP contribution in [0.25, 0.3) is 11.3 Å². The second-order valence-corrected chi connectivity index (χ2v) is 5.46. The quantitative estimate of drug-likeness (QED) is 0.688. The predicted octanol–water partition coefficient (Wildman–Crippen LogP) is 1.63. The molecular formula is C18H18N4O3. The maximum atomic E-state index is 12.1. The molecule has 0 bridgehead atoms. The van der Waals surface area contributed by atoms with Crippen molar-refractivity contribution >= 4 is 5.69 Å². The largest absolute Gasteiger partial charge is 0.494 e. The fraction of sp³-hybridized carbons (Fsp3) is 0.167. The minimum Gasteiger partial charge on any atom is -0.494 e. The Morgan fingerprint density at radius 1 is 1.08 bits per heavy atom. The number of nitrogens with one attached hydrogen (secondary N) is 1. The Morgan fingerprint density at radius 3 is 2.40 bits per heavy atom. The minimum atomic E-state index is -0.559. The number of anilines is 1. The lowest BCUT2D eigenvalue weighted by Crippen LogP contribution is -2.33. The van der Waals surface area contributed by atoms with Crippen molar-refractivity contribution < 1.29 is 4.74 Å². The van der Waals surface area contributed by atoms with Gasteiger partial charge in [-0.1, -0.05) is 12.1 Å². The molecule has 2 aromatic carbocycles. The first-order valence-electron chi connectivity index (χ1n) is 7.86.